The Morgan fingerprint density at radius 3 is 2.48 bits per heavy atom. The van der Waals surface area contributed by atoms with Crippen LogP contribution in [0.25, 0.3) is 0 Å². The smallest absolute Gasteiger partial charge is 0.759 e. The molecule has 2 atom stereocenters. The molecule has 1 saturated heterocycles. The Hall–Kier alpha value is -0.410. The summed E-state index contributed by atoms with van der Waals surface area (Å²) in [4.78, 5) is 11.0. The predicted octanol–water partition coefficient (Wildman–Crippen LogP) is 0.322. The van der Waals surface area contributed by atoms with E-state index in [1.807, 2.05) is 20.8 Å². The largest absolute Gasteiger partial charge is 1.00 e. The number of benzene rings is 1. The molecule has 8 heteroatoms. The van der Waals surface area contributed by atoms with Gasteiger partial charge in [0.1, 0.15) is 10.6 Å². The maximum atomic E-state index is 12.9. The van der Waals surface area contributed by atoms with Gasteiger partial charge < -0.3 is 22.1 Å². The average molecular weight is 439 g/mol. The SMILES string of the molecule is CC(C)(C)[S@@+]([O-])N[C@@H]1c2ccccc2CC12CCN(c1cnc([S-])cn1)CC2.[Na+]. The first-order valence-electron chi connectivity index (χ1n) is 9.78. The van der Waals surface area contributed by atoms with Crippen LogP contribution < -0.4 is 39.2 Å². The summed E-state index contributed by atoms with van der Waals surface area (Å²) in [7, 11) is 0. The van der Waals surface area contributed by atoms with Crippen molar-refractivity contribution in [1.29, 1.82) is 0 Å². The van der Waals surface area contributed by atoms with Crippen LogP contribution >= 0.6 is 0 Å². The Morgan fingerprint density at radius 2 is 1.86 bits per heavy atom. The molecule has 0 bridgehead atoms. The third kappa shape index (κ3) is 4.76. The molecule has 2 aliphatic rings. The summed E-state index contributed by atoms with van der Waals surface area (Å²) in [6.07, 6.45) is 6.51. The zero-order valence-electron chi connectivity index (χ0n) is 17.6. The van der Waals surface area contributed by atoms with Crippen LogP contribution in [0.15, 0.2) is 41.7 Å². The molecule has 150 valence electrons. The number of nitrogens with zero attached hydrogens (tertiary/aromatic N) is 3. The molecular weight excluding hydrogens is 411 g/mol. The Balaban J connectivity index is 0.00000240. The topological polar surface area (TPSA) is 64.1 Å². The van der Waals surface area contributed by atoms with Gasteiger partial charge in [0.15, 0.2) is 0 Å². The number of nitrogens with one attached hydrogen (secondary N) is 1. The Bertz CT molecular complexity index is 835. The molecule has 2 aromatic rings. The van der Waals surface area contributed by atoms with Crippen molar-refractivity contribution in [2.45, 2.75) is 55.8 Å². The minimum atomic E-state index is -1.11. The van der Waals surface area contributed by atoms with Crippen LogP contribution in [0.2, 0.25) is 0 Å². The summed E-state index contributed by atoms with van der Waals surface area (Å²) in [5.41, 5.74) is 2.78. The number of aromatic nitrogens is 2. The third-order valence-electron chi connectivity index (χ3n) is 6.00. The Morgan fingerprint density at radius 1 is 1.17 bits per heavy atom. The Kier molecular flexibility index (Phi) is 7.21. The Labute approximate surface area is 204 Å². The summed E-state index contributed by atoms with van der Waals surface area (Å²) < 4.78 is 16.2. The summed E-state index contributed by atoms with van der Waals surface area (Å²) >= 11 is 3.94. The van der Waals surface area contributed by atoms with Gasteiger partial charge in [-0.25, -0.2) is 4.98 Å². The van der Waals surface area contributed by atoms with E-state index in [4.69, 9.17) is 12.6 Å². The molecule has 1 spiro atoms. The van der Waals surface area contributed by atoms with E-state index in [-0.39, 0.29) is 45.8 Å². The van der Waals surface area contributed by atoms with Crippen molar-refractivity contribution in [2.24, 2.45) is 5.41 Å². The van der Waals surface area contributed by atoms with E-state index >= 15 is 0 Å². The van der Waals surface area contributed by atoms with Crippen LogP contribution in [-0.2, 0) is 30.4 Å². The molecule has 1 aromatic heterocycles. The van der Waals surface area contributed by atoms with Crippen LogP contribution in [-0.4, -0.2) is 32.4 Å². The van der Waals surface area contributed by atoms with Gasteiger partial charge in [0, 0.05) is 36.1 Å². The molecule has 1 aliphatic carbocycles. The zero-order valence-corrected chi connectivity index (χ0v) is 21.3. The molecule has 1 fully saturated rings. The standard InChI is InChI=1S/C21H28N4OS2.Na/c1-20(2,3)28(26)24-19-16-7-5-4-6-15(16)12-21(19)8-10-25(11-9-21)17-13-23-18(27)14-22-17;/h4-7,13-14,19,24H,8-12H2,1-3H3,(H,23,27);/q;+1/p-1/t19-,28-;/m1./s1. The van der Waals surface area contributed by atoms with Gasteiger partial charge in [-0.3, -0.25) is 4.98 Å². The van der Waals surface area contributed by atoms with Crippen molar-refractivity contribution in [3.63, 3.8) is 0 Å². The molecule has 0 amide bonds. The number of anilines is 1. The summed E-state index contributed by atoms with van der Waals surface area (Å²) in [5, 5.41) is 0.525. The van der Waals surface area contributed by atoms with E-state index in [2.05, 4.69) is 43.9 Å². The monoisotopic (exact) mass is 438 g/mol. The quantitative estimate of drug-likeness (QED) is 0.423. The van der Waals surface area contributed by atoms with Crippen molar-refractivity contribution in [3.05, 3.63) is 47.8 Å². The molecule has 1 N–H and O–H groups in total. The van der Waals surface area contributed by atoms with Crippen LogP contribution in [0.5, 0.6) is 0 Å². The normalized spacial score (nSPS) is 21.5. The number of fused-ring (bicyclic) bond motifs is 1. The molecule has 29 heavy (non-hydrogen) atoms. The van der Waals surface area contributed by atoms with Gasteiger partial charge in [-0.2, -0.15) is 0 Å². The molecule has 0 saturated carbocycles. The number of hydrogen-bond donors (Lipinski definition) is 1. The van der Waals surface area contributed by atoms with E-state index in [0.717, 1.165) is 38.2 Å². The summed E-state index contributed by atoms with van der Waals surface area (Å²) in [6, 6.07) is 8.73. The van der Waals surface area contributed by atoms with Crippen LogP contribution in [0.4, 0.5) is 5.82 Å². The molecule has 0 radical (unpaired) electrons. The van der Waals surface area contributed by atoms with E-state index in [1.54, 1.807) is 12.4 Å². The molecule has 1 aliphatic heterocycles. The second-order valence-electron chi connectivity index (χ2n) is 8.87. The van der Waals surface area contributed by atoms with Gasteiger partial charge in [-0.05, 0) is 51.2 Å². The first kappa shape index (κ1) is 23.3. The number of hydrogen-bond acceptors (Lipinski definition) is 6. The minimum absolute atomic E-state index is 0. The van der Waals surface area contributed by atoms with E-state index in [0.29, 0.717) is 5.03 Å². The van der Waals surface area contributed by atoms with Crippen LogP contribution in [0.3, 0.4) is 0 Å². The van der Waals surface area contributed by atoms with Crippen molar-refractivity contribution < 1.29 is 34.1 Å². The molecule has 4 rings (SSSR count). The molecule has 1 aromatic carbocycles. The van der Waals surface area contributed by atoms with E-state index in [9.17, 15) is 4.55 Å². The molecule has 2 heterocycles. The van der Waals surface area contributed by atoms with Gasteiger partial charge in [-0.1, -0.05) is 29.3 Å². The minimum Gasteiger partial charge on any atom is -0.759 e. The van der Waals surface area contributed by atoms with Crippen molar-refractivity contribution >= 4 is 29.8 Å². The maximum Gasteiger partial charge on any atom is 1.00 e. The van der Waals surface area contributed by atoms with E-state index in [1.165, 1.54) is 11.1 Å². The first-order valence-corrected chi connectivity index (χ1v) is 11.3. The summed E-state index contributed by atoms with van der Waals surface area (Å²) in [6.45, 7) is 7.90. The fourth-order valence-corrected chi connectivity index (χ4v) is 5.43. The fraction of sp³-hybridized carbons (Fsp3) is 0.524. The number of piperidine rings is 1. The van der Waals surface area contributed by atoms with Crippen LogP contribution in [0, 0.1) is 5.41 Å². The van der Waals surface area contributed by atoms with Gasteiger partial charge in [0.2, 0.25) is 0 Å². The second-order valence-corrected chi connectivity index (χ2v) is 11.3. The molecular formula is C21H27N4NaOS2. The van der Waals surface area contributed by atoms with Crippen molar-refractivity contribution in [2.75, 3.05) is 18.0 Å². The second kappa shape index (κ2) is 8.99. The third-order valence-corrected chi connectivity index (χ3v) is 7.77. The molecule has 0 unspecified atom stereocenters. The fourth-order valence-electron chi connectivity index (χ4n) is 4.38. The van der Waals surface area contributed by atoms with Gasteiger partial charge >= 0.3 is 29.6 Å². The van der Waals surface area contributed by atoms with Gasteiger partial charge in [0.25, 0.3) is 0 Å². The first-order chi connectivity index (χ1) is 13.3. The van der Waals surface area contributed by atoms with Gasteiger partial charge in [0.05, 0.1) is 12.2 Å². The average Bonchev–Trinajstić information content (AvgIpc) is 2.95. The summed E-state index contributed by atoms with van der Waals surface area (Å²) in [5.74, 6) is 0.890. The van der Waals surface area contributed by atoms with E-state index < -0.39 is 11.4 Å². The molecule has 5 nitrogen and oxygen atoms in total. The maximum absolute atomic E-state index is 12.9. The van der Waals surface area contributed by atoms with Crippen molar-refractivity contribution in [1.82, 2.24) is 14.7 Å². The van der Waals surface area contributed by atoms with Crippen LogP contribution in [0.1, 0.15) is 50.8 Å². The number of rotatable bonds is 3. The van der Waals surface area contributed by atoms with Crippen molar-refractivity contribution in [3.8, 4) is 0 Å². The van der Waals surface area contributed by atoms with Gasteiger partial charge in [-0.15, -0.1) is 4.72 Å². The predicted molar refractivity (Wildman–Crippen MR) is 115 cm³/mol. The zero-order chi connectivity index (χ0) is 19.9.